The molecule has 2 aliphatic heterocycles. The molecule has 0 aromatic carbocycles. The van der Waals surface area contributed by atoms with Gasteiger partial charge in [-0.2, -0.15) is 0 Å². The van der Waals surface area contributed by atoms with E-state index in [2.05, 4.69) is 5.32 Å². The van der Waals surface area contributed by atoms with Gasteiger partial charge in [0.25, 0.3) is 0 Å². The summed E-state index contributed by atoms with van der Waals surface area (Å²) in [6.45, 7) is 0.858. The lowest BCUT2D eigenvalue weighted by Crippen LogP contribution is -2.35. The molecule has 2 fully saturated rings. The third-order valence-electron chi connectivity index (χ3n) is 1.66. The van der Waals surface area contributed by atoms with Crippen molar-refractivity contribution in [1.82, 2.24) is 5.32 Å². The number of carbonyl (C=O) groups excluding carboxylic acids is 1. The first-order valence-electron chi connectivity index (χ1n) is 2.80. The Kier molecular flexibility index (Phi) is 0.663. The quantitative estimate of drug-likeness (QED) is 0.421. The minimum absolute atomic E-state index is 0.0278. The highest BCUT2D eigenvalue weighted by molar-refractivity contribution is 5.79. The summed E-state index contributed by atoms with van der Waals surface area (Å²) in [7, 11) is 0. The topological polar surface area (TPSA) is 38.3 Å². The van der Waals surface area contributed by atoms with Gasteiger partial charge in [0.15, 0.2) is 0 Å². The average molecular weight is 113 g/mol. The van der Waals surface area contributed by atoms with E-state index in [-0.39, 0.29) is 18.1 Å². The molecular weight excluding hydrogens is 106 g/mol. The standard InChI is InChI=1S/C5H7NO2/c7-5-4-1-3(8-5)2-6-4/h3-4,6H,1-2H2/t3?,4-/m1/s1. The summed E-state index contributed by atoms with van der Waals surface area (Å²) >= 11 is 0. The Labute approximate surface area is 47.0 Å². The van der Waals surface area contributed by atoms with E-state index < -0.39 is 0 Å². The predicted octanol–water partition coefficient (Wildman–Crippen LogP) is -0.726. The number of hydrogen-bond acceptors (Lipinski definition) is 3. The smallest absolute Gasteiger partial charge is 0.323 e. The first-order chi connectivity index (χ1) is 3.86. The van der Waals surface area contributed by atoms with Crippen molar-refractivity contribution in [3.8, 4) is 0 Å². The van der Waals surface area contributed by atoms with Gasteiger partial charge >= 0.3 is 5.97 Å². The van der Waals surface area contributed by atoms with Crippen LogP contribution in [0.15, 0.2) is 0 Å². The molecule has 0 aliphatic carbocycles. The van der Waals surface area contributed by atoms with Crippen LogP contribution in [0, 0.1) is 0 Å². The van der Waals surface area contributed by atoms with Crippen LogP contribution in [0.25, 0.3) is 0 Å². The van der Waals surface area contributed by atoms with Crippen LogP contribution in [0.5, 0.6) is 0 Å². The largest absolute Gasteiger partial charge is 0.460 e. The molecule has 3 heteroatoms. The molecule has 0 saturated carbocycles. The van der Waals surface area contributed by atoms with Crippen molar-refractivity contribution < 1.29 is 9.53 Å². The van der Waals surface area contributed by atoms with Gasteiger partial charge in [0, 0.05) is 13.0 Å². The van der Waals surface area contributed by atoms with Crippen LogP contribution in [0.4, 0.5) is 0 Å². The molecule has 2 bridgehead atoms. The number of nitrogens with one attached hydrogen (secondary N) is 1. The Bertz CT molecular complexity index is 134. The van der Waals surface area contributed by atoms with Crippen LogP contribution in [0.2, 0.25) is 0 Å². The fourth-order valence-electron chi connectivity index (χ4n) is 1.22. The Morgan fingerprint density at radius 1 is 1.75 bits per heavy atom. The lowest BCUT2D eigenvalue weighted by atomic mass is 10.2. The fourth-order valence-corrected chi connectivity index (χ4v) is 1.22. The molecule has 1 unspecified atom stereocenters. The van der Waals surface area contributed by atoms with Crippen LogP contribution >= 0.6 is 0 Å². The number of carbonyl (C=O) groups is 1. The van der Waals surface area contributed by atoms with Gasteiger partial charge in [0.2, 0.25) is 0 Å². The molecule has 2 atom stereocenters. The van der Waals surface area contributed by atoms with Gasteiger partial charge in [0.1, 0.15) is 12.1 Å². The zero-order valence-electron chi connectivity index (χ0n) is 4.39. The van der Waals surface area contributed by atoms with Crippen LogP contribution in [-0.4, -0.2) is 24.7 Å². The van der Waals surface area contributed by atoms with E-state index in [1.54, 1.807) is 0 Å². The number of morpholine rings is 1. The molecule has 0 aromatic heterocycles. The van der Waals surface area contributed by atoms with E-state index in [9.17, 15) is 4.79 Å². The average Bonchev–Trinajstić information content (AvgIpc) is 2.23. The van der Waals surface area contributed by atoms with E-state index in [4.69, 9.17) is 4.74 Å². The van der Waals surface area contributed by atoms with Crippen LogP contribution in [0.3, 0.4) is 0 Å². The number of rotatable bonds is 0. The van der Waals surface area contributed by atoms with Crippen molar-refractivity contribution in [3.05, 3.63) is 0 Å². The molecule has 1 N–H and O–H groups in total. The van der Waals surface area contributed by atoms with Gasteiger partial charge in [0.05, 0.1) is 0 Å². The minimum atomic E-state index is -0.0683. The van der Waals surface area contributed by atoms with Gasteiger partial charge in [-0.15, -0.1) is 0 Å². The highest BCUT2D eigenvalue weighted by atomic mass is 16.6. The Morgan fingerprint density at radius 3 is 2.88 bits per heavy atom. The van der Waals surface area contributed by atoms with Crippen molar-refractivity contribution in [3.63, 3.8) is 0 Å². The normalized spacial score (nSPS) is 42.8. The maximum Gasteiger partial charge on any atom is 0.323 e. The molecule has 2 heterocycles. The van der Waals surface area contributed by atoms with Crippen LogP contribution in [0.1, 0.15) is 6.42 Å². The van der Waals surface area contributed by atoms with Crippen molar-refractivity contribution in [2.45, 2.75) is 18.6 Å². The lowest BCUT2D eigenvalue weighted by Gasteiger charge is -2.09. The Morgan fingerprint density at radius 2 is 2.62 bits per heavy atom. The second-order valence-electron chi connectivity index (χ2n) is 2.26. The molecule has 44 valence electrons. The first-order valence-corrected chi connectivity index (χ1v) is 2.80. The zero-order chi connectivity index (χ0) is 5.56. The number of ether oxygens (including phenoxy) is 1. The Hall–Kier alpha value is -0.570. The molecule has 8 heavy (non-hydrogen) atoms. The molecular formula is C5H7NO2. The maximum atomic E-state index is 10.6. The highest BCUT2D eigenvalue weighted by Crippen LogP contribution is 2.19. The molecule has 3 nitrogen and oxygen atoms in total. The third-order valence-corrected chi connectivity index (χ3v) is 1.66. The monoisotopic (exact) mass is 113 g/mol. The van der Waals surface area contributed by atoms with Crippen molar-refractivity contribution in [2.24, 2.45) is 0 Å². The molecule has 2 saturated heterocycles. The van der Waals surface area contributed by atoms with Gasteiger partial charge < -0.3 is 10.1 Å². The predicted molar refractivity (Wildman–Crippen MR) is 26.3 cm³/mol. The summed E-state index contributed by atoms with van der Waals surface area (Å²) in [5.41, 5.74) is 0. The fraction of sp³-hybridized carbons (Fsp3) is 0.800. The van der Waals surface area contributed by atoms with E-state index >= 15 is 0 Å². The van der Waals surface area contributed by atoms with E-state index in [1.165, 1.54) is 0 Å². The van der Waals surface area contributed by atoms with Crippen molar-refractivity contribution >= 4 is 5.97 Å². The summed E-state index contributed by atoms with van der Waals surface area (Å²) in [5.74, 6) is -0.0683. The number of esters is 1. The summed E-state index contributed by atoms with van der Waals surface area (Å²) in [6.07, 6.45) is 1.08. The van der Waals surface area contributed by atoms with E-state index in [0.29, 0.717) is 0 Å². The maximum absolute atomic E-state index is 10.6. The summed E-state index contributed by atoms with van der Waals surface area (Å²) in [5, 5.41) is 3.03. The van der Waals surface area contributed by atoms with E-state index in [0.717, 1.165) is 13.0 Å². The van der Waals surface area contributed by atoms with Crippen LogP contribution in [-0.2, 0) is 9.53 Å². The summed E-state index contributed by atoms with van der Waals surface area (Å²) in [4.78, 5) is 10.6. The second kappa shape index (κ2) is 1.23. The second-order valence-corrected chi connectivity index (χ2v) is 2.26. The van der Waals surface area contributed by atoms with Gasteiger partial charge in [-0.25, -0.2) is 0 Å². The van der Waals surface area contributed by atoms with Crippen LogP contribution < -0.4 is 5.32 Å². The first kappa shape index (κ1) is 4.32. The van der Waals surface area contributed by atoms with Crippen molar-refractivity contribution in [1.29, 1.82) is 0 Å². The summed E-state index contributed by atoms with van der Waals surface area (Å²) < 4.78 is 4.86. The summed E-state index contributed by atoms with van der Waals surface area (Å²) in [6, 6.07) is 0.0278. The Balaban J connectivity index is 2.22. The molecule has 2 rings (SSSR count). The van der Waals surface area contributed by atoms with Crippen molar-refractivity contribution in [2.75, 3.05) is 6.54 Å². The molecule has 2 aliphatic rings. The molecule has 0 aromatic rings. The molecule has 0 amide bonds. The zero-order valence-corrected chi connectivity index (χ0v) is 4.39. The van der Waals surface area contributed by atoms with Gasteiger partial charge in [-0.05, 0) is 0 Å². The molecule has 0 radical (unpaired) electrons. The minimum Gasteiger partial charge on any atom is -0.460 e. The lowest BCUT2D eigenvalue weighted by molar-refractivity contribution is -0.145. The molecule has 0 spiro atoms. The number of hydrogen-bond donors (Lipinski definition) is 1. The highest BCUT2D eigenvalue weighted by Gasteiger charge is 2.39. The third kappa shape index (κ3) is 0.395. The van der Waals surface area contributed by atoms with Gasteiger partial charge in [-0.1, -0.05) is 0 Å². The van der Waals surface area contributed by atoms with E-state index in [1.807, 2.05) is 0 Å². The van der Waals surface area contributed by atoms with Gasteiger partial charge in [-0.3, -0.25) is 4.79 Å². The SMILES string of the molecule is O=C1OC2CN[C@@H]1C2. The number of fused-ring (bicyclic) bond motifs is 2.